The molecule has 4 nitrogen and oxygen atoms in total. The largest absolute Gasteiger partial charge is 0.478 e. The number of carboxylic acids is 1. The van der Waals surface area contributed by atoms with Gasteiger partial charge in [-0.25, -0.2) is 4.79 Å². The van der Waals surface area contributed by atoms with Crippen LogP contribution in [0.4, 0.5) is 0 Å². The first-order chi connectivity index (χ1) is 5.72. The van der Waals surface area contributed by atoms with Crippen LogP contribution in [-0.4, -0.2) is 17.4 Å². The Balaban J connectivity index is 2.76. The number of hydrogen-bond donors (Lipinski definition) is 1. The maximum absolute atomic E-state index is 10.1. The topological polar surface area (TPSA) is 67.5 Å². The lowest BCUT2D eigenvalue weighted by Gasteiger charge is -1.81. The van der Waals surface area contributed by atoms with Gasteiger partial charge in [0.25, 0.3) is 0 Å². The van der Waals surface area contributed by atoms with Crippen LogP contribution in [0.1, 0.15) is 16.3 Å². The van der Waals surface area contributed by atoms with Crippen molar-refractivity contribution in [3.8, 4) is 0 Å². The highest BCUT2D eigenvalue weighted by Gasteiger charge is 1.96. The van der Waals surface area contributed by atoms with E-state index in [1.807, 2.05) is 0 Å². The van der Waals surface area contributed by atoms with Gasteiger partial charge in [-0.1, -0.05) is 0 Å². The minimum Gasteiger partial charge on any atom is -0.478 e. The van der Waals surface area contributed by atoms with E-state index in [4.69, 9.17) is 9.52 Å². The highest BCUT2D eigenvalue weighted by Crippen LogP contribution is 2.06. The zero-order valence-corrected chi connectivity index (χ0v) is 6.06. The molecule has 1 N–H and O–H groups in total. The first kappa shape index (κ1) is 8.26. The molecule has 0 aliphatic carbocycles. The molecule has 1 aromatic rings. The zero-order chi connectivity index (χ0) is 8.97. The SMILES string of the molecule is O=Cc1ccc(/C=C\C(=O)O)o1. The molecule has 0 aromatic carbocycles. The number of carbonyl (C=O) groups is 2. The smallest absolute Gasteiger partial charge is 0.328 e. The number of aliphatic carboxylic acids is 1. The van der Waals surface area contributed by atoms with Gasteiger partial charge in [0.1, 0.15) is 5.76 Å². The molecule has 4 heteroatoms. The molecule has 0 saturated heterocycles. The van der Waals surface area contributed by atoms with Crippen molar-refractivity contribution in [3.05, 3.63) is 29.7 Å². The summed E-state index contributed by atoms with van der Waals surface area (Å²) in [5, 5.41) is 8.24. The summed E-state index contributed by atoms with van der Waals surface area (Å²) >= 11 is 0. The Morgan fingerprint density at radius 2 is 2.08 bits per heavy atom. The van der Waals surface area contributed by atoms with Gasteiger partial charge < -0.3 is 9.52 Å². The second-order valence-corrected chi connectivity index (χ2v) is 2.03. The monoisotopic (exact) mass is 166 g/mol. The molecular formula is C8H6O4. The third-order valence-corrected chi connectivity index (χ3v) is 1.15. The highest BCUT2D eigenvalue weighted by atomic mass is 16.4. The second kappa shape index (κ2) is 3.52. The van der Waals surface area contributed by atoms with E-state index in [0.717, 1.165) is 6.08 Å². The van der Waals surface area contributed by atoms with Crippen molar-refractivity contribution in [2.75, 3.05) is 0 Å². The van der Waals surface area contributed by atoms with Crippen LogP contribution in [0.2, 0.25) is 0 Å². The summed E-state index contributed by atoms with van der Waals surface area (Å²) in [4.78, 5) is 20.2. The third-order valence-electron chi connectivity index (χ3n) is 1.15. The number of carboxylic acid groups (broad SMARTS) is 1. The van der Waals surface area contributed by atoms with Crippen molar-refractivity contribution in [2.45, 2.75) is 0 Å². The van der Waals surface area contributed by atoms with E-state index in [1.54, 1.807) is 0 Å². The number of rotatable bonds is 3. The van der Waals surface area contributed by atoms with Gasteiger partial charge in [-0.05, 0) is 18.2 Å². The lowest BCUT2D eigenvalue weighted by Crippen LogP contribution is -1.84. The van der Waals surface area contributed by atoms with Gasteiger partial charge in [-0.15, -0.1) is 0 Å². The molecule has 0 aliphatic rings. The molecule has 0 amide bonds. The molecule has 0 aliphatic heterocycles. The number of carbonyl (C=O) groups excluding carboxylic acids is 1. The second-order valence-electron chi connectivity index (χ2n) is 2.03. The molecule has 0 fully saturated rings. The fourth-order valence-corrected chi connectivity index (χ4v) is 0.675. The molecule has 1 aromatic heterocycles. The van der Waals surface area contributed by atoms with Crippen molar-refractivity contribution in [3.63, 3.8) is 0 Å². The Morgan fingerprint density at radius 3 is 2.58 bits per heavy atom. The van der Waals surface area contributed by atoms with E-state index in [0.29, 0.717) is 12.0 Å². The summed E-state index contributed by atoms with van der Waals surface area (Å²) in [6.07, 6.45) is 2.76. The molecule has 0 bridgehead atoms. The van der Waals surface area contributed by atoms with Crippen molar-refractivity contribution in [1.82, 2.24) is 0 Å². The standard InChI is InChI=1S/C8H6O4/c9-5-7-2-1-6(12-7)3-4-8(10)11/h1-5H,(H,10,11)/b4-3-. The van der Waals surface area contributed by atoms with Crippen LogP contribution < -0.4 is 0 Å². The number of furan rings is 1. The van der Waals surface area contributed by atoms with Crippen LogP contribution in [0.15, 0.2) is 22.6 Å². The summed E-state index contributed by atoms with van der Waals surface area (Å²) in [7, 11) is 0. The normalized spacial score (nSPS) is 10.3. The third kappa shape index (κ3) is 2.09. The fraction of sp³-hybridized carbons (Fsp3) is 0. The van der Waals surface area contributed by atoms with Crippen molar-refractivity contribution in [2.24, 2.45) is 0 Å². The molecule has 1 heterocycles. The van der Waals surface area contributed by atoms with Crippen molar-refractivity contribution < 1.29 is 19.1 Å². The maximum Gasteiger partial charge on any atom is 0.328 e. The molecular weight excluding hydrogens is 160 g/mol. The van der Waals surface area contributed by atoms with Crippen LogP contribution in [0.3, 0.4) is 0 Å². The van der Waals surface area contributed by atoms with E-state index >= 15 is 0 Å². The van der Waals surface area contributed by atoms with Gasteiger partial charge in [0, 0.05) is 6.08 Å². The fourth-order valence-electron chi connectivity index (χ4n) is 0.675. The van der Waals surface area contributed by atoms with E-state index in [1.165, 1.54) is 18.2 Å². The first-order valence-corrected chi connectivity index (χ1v) is 3.18. The molecule has 0 atom stereocenters. The van der Waals surface area contributed by atoms with Gasteiger partial charge in [0.05, 0.1) is 0 Å². The minimum absolute atomic E-state index is 0.181. The van der Waals surface area contributed by atoms with Crippen LogP contribution >= 0.6 is 0 Å². The van der Waals surface area contributed by atoms with Crippen LogP contribution in [0.25, 0.3) is 6.08 Å². The summed E-state index contributed by atoms with van der Waals surface area (Å²) < 4.78 is 4.86. The highest BCUT2D eigenvalue weighted by molar-refractivity contribution is 5.84. The van der Waals surface area contributed by atoms with Gasteiger partial charge in [-0.2, -0.15) is 0 Å². The number of aldehydes is 1. The van der Waals surface area contributed by atoms with Gasteiger partial charge in [-0.3, -0.25) is 4.79 Å². The zero-order valence-electron chi connectivity index (χ0n) is 6.06. The van der Waals surface area contributed by atoms with Gasteiger partial charge >= 0.3 is 5.97 Å². The van der Waals surface area contributed by atoms with E-state index in [-0.39, 0.29) is 5.76 Å². The van der Waals surface area contributed by atoms with E-state index in [9.17, 15) is 9.59 Å². The quantitative estimate of drug-likeness (QED) is 0.541. The van der Waals surface area contributed by atoms with Gasteiger partial charge in [0.2, 0.25) is 0 Å². The van der Waals surface area contributed by atoms with Crippen molar-refractivity contribution in [1.29, 1.82) is 0 Å². The molecule has 0 saturated carbocycles. The van der Waals surface area contributed by atoms with Crippen LogP contribution in [-0.2, 0) is 4.79 Å². The minimum atomic E-state index is -1.06. The Bertz CT molecular complexity index is 322. The summed E-state index contributed by atoms with van der Waals surface area (Å²) in [5.74, 6) is -0.529. The first-order valence-electron chi connectivity index (χ1n) is 3.18. The predicted molar refractivity (Wildman–Crippen MR) is 40.8 cm³/mol. The average Bonchev–Trinajstić information content (AvgIpc) is 2.48. The molecule has 62 valence electrons. The molecule has 0 radical (unpaired) electrons. The Kier molecular flexibility index (Phi) is 2.42. The van der Waals surface area contributed by atoms with Crippen LogP contribution in [0.5, 0.6) is 0 Å². The van der Waals surface area contributed by atoms with E-state index in [2.05, 4.69) is 0 Å². The Hall–Kier alpha value is -1.84. The number of hydrogen-bond acceptors (Lipinski definition) is 3. The lowest BCUT2D eigenvalue weighted by molar-refractivity contribution is -0.131. The van der Waals surface area contributed by atoms with Crippen molar-refractivity contribution >= 4 is 18.3 Å². The Morgan fingerprint density at radius 1 is 1.42 bits per heavy atom. The van der Waals surface area contributed by atoms with Gasteiger partial charge in [0.15, 0.2) is 12.0 Å². The summed E-state index contributed by atoms with van der Waals surface area (Å²) in [6, 6.07) is 2.98. The molecule has 12 heavy (non-hydrogen) atoms. The molecule has 0 spiro atoms. The predicted octanol–water partition coefficient (Wildman–Crippen LogP) is 1.19. The molecule has 0 unspecified atom stereocenters. The summed E-state index contributed by atoms with van der Waals surface area (Å²) in [5.41, 5.74) is 0. The van der Waals surface area contributed by atoms with E-state index < -0.39 is 5.97 Å². The molecule has 1 rings (SSSR count). The maximum atomic E-state index is 10.1. The lowest BCUT2D eigenvalue weighted by atomic mass is 10.4. The van der Waals surface area contributed by atoms with Crippen LogP contribution in [0, 0.1) is 0 Å². The average molecular weight is 166 g/mol. The summed E-state index contributed by atoms with van der Waals surface area (Å²) in [6.45, 7) is 0. The Labute approximate surface area is 68.1 Å².